The third kappa shape index (κ3) is 14.5. The molecule has 21 heteroatoms. The number of amides is 8. The number of anilines is 1. The minimum absolute atomic E-state index is 0.00426. The molecule has 0 unspecified atom stereocenters. The van der Waals surface area contributed by atoms with E-state index < -0.39 is 88.9 Å². The second-order valence-electron chi connectivity index (χ2n) is 14.1. The fourth-order valence-electron chi connectivity index (χ4n) is 5.16. The van der Waals surface area contributed by atoms with Gasteiger partial charge in [0, 0.05) is 36.5 Å². The number of nitro benzene ring substituents is 1. The SMILES string of the molecule is CC(C)[C@H](NC(=O)[C@H](CNC(=O)OC(C)(C)C)N1C(=O)C=CC1=O)C(=O)N[C@@H](CCCNC(N)=O)C(=O)Nc1ccc(COC(=O)Oc2ccc([N+](=O)[O-])cc2)cc1. The van der Waals surface area contributed by atoms with Crippen LogP contribution in [-0.4, -0.2) is 94.5 Å². The van der Waals surface area contributed by atoms with Gasteiger partial charge in [-0.05, 0) is 69.4 Å². The van der Waals surface area contributed by atoms with Crippen LogP contribution in [0.25, 0.3) is 0 Å². The van der Waals surface area contributed by atoms with Gasteiger partial charge in [0.2, 0.25) is 17.7 Å². The van der Waals surface area contributed by atoms with Gasteiger partial charge in [0.05, 0.1) is 11.5 Å². The monoisotopic (exact) mass is 810 g/mol. The number of carbonyl (C=O) groups excluding carboxylic acids is 8. The van der Waals surface area contributed by atoms with Crippen LogP contribution in [-0.2, 0) is 40.1 Å². The molecule has 0 bridgehead atoms. The molecule has 58 heavy (non-hydrogen) atoms. The van der Waals surface area contributed by atoms with Crippen molar-refractivity contribution in [3.8, 4) is 5.75 Å². The Labute approximate surface area is 332 Å². The molecule has 1 heterocycles. The maximum atomic E-state index is 13.7. The van der Waals surface area contributed by atoms with E-state index in [9.17, 15) is 48.5 Å². The number of urea groups is 1. The lowest BCUT2D eigenvalue weighted by molar-refractivity contribution is -0.384. The number of imide groups is 1. The molecule has 0 saturated carbocycles. The average Bonchev–Trinajstić information content (AvgIpc) is 3.47. The summed E-state index contributed by atoms with van der Waals surface area (Å²) in [5.41, 5.74) is 4.87. The van der Waals surface area contributed by atoms with Crippen LogP contribution in [0.15, 0.2) is 60.7 Å². The minimum atomic E-state index is -1.58. The lowest BCUT2D eigenvalue weighted by Crippen LogP contribution is -2.60. The van der Waals surface area contributed by atoms with E-state index in [-0.39, 0.29) is 37.4 Å². The number of nitro groups is 1. The van der Waals surface area contributed by atoms with Crippen LogP contribution in [0.5, 0.6) is 5.75 Å². The van der Waals surface area contributed by atoms with E-state index in [4.69, 9.17) is 19.9 Å². The number of nitrogens with one attached hydrogen (secondary N) is 5. The van der Waals surface area contributed by atoms with Gasteiger partial charge in [0.1, 0.15) is 36.1 Å². The van der Waals surface area contributed by atoms with Gasteiger partial charge < -0.3 is 46.5 Å². The molecule has 0 spiro atoms. The number of nitrogens with zero attached hydrogens (tertiary/aromatic N) is 2. The molecule has 3 rings (SSSR count). The van der Waals surface area contributed by atoms with Crippen LogP contribution in [0.3, 0.4) is 0 Å². The Balaban J connectivity index is 1.69. The fraction of sp³-hybridized carbons (Fsp3) is 0.405. The van der Waals surface area contributed by atoms with E-state index >= 15 is 0 Å². The lowest BCUT2D eigenvalue weighted by atomic mass is 10.0. The first-order chi connectivity index (χ1) is 27.2. The lowest BCUT2D eigenvalue weighted by Gasteiger charge is -2.30. The first-order valence-electron chi connectivity index (χ1n) is 17.9. The Morgan fingerprint density at radius 2 is 1.48 bits per heavy atom. The number of alkyl carbamates (subject to hydrolysis) is 1. The first-order valence-corrected chi connectivity index (χ1v) is 17.9. The predicted molar refractivity (Wildman–Crippen MR) is 204 cm³/mol. The van der Waals surface area contributed by atoms with Crippen molar-refractivity contribution in [2.75, 3.05) is 18.4 Å². The molecule has 2 aromatic rings. The van der Waals surface area contributed by atoms with Gasteiger partial charge in [-0.3, -0.25) is 39.0 Å². The van der Waals surface area contributed by atoms with Gasteiger partial charge in [0.25, 0.3) is 17.5 Å². The molecule has 7 N–H and O–H groups in total. The molecule has 0 aliphatic carbocycles. The van der Waals surface area contributed by atoms with Crippen molar-refractivity contribution < 1.29 is 57.5 Å². The molecule has 1 aliphatic heterocycles. The molecule has 21 nitrogen and oxygen atoms in total. The number of benzene rings is 2. The van der Waals surface area contributed by atoms with E-state index in [1.807, 2.05) is 0 Å². The summed E-state index contributed by atoms with van der Waals surface area (Å²) < 4.78 is 15.3. The van der Waals surface area contributed by atoms with Gasteiger partial charge in [0.15, 0.2) is 0 Å². The molecule has 3 atom stereocenters. The van der Waals surface area contributed by atoms with Crippen molar-refractivity contribution in [1.29, 1.82) is 0 Å². The summed E-state index contributed by atoms with van der Waals surface area (Å²) in [5.74, 6) is -4.60. The van der Waals surface area contributed by atoms with Crippen molar-refractivity contribution in [3.05, 3.63) is 76.4 Å². The average molecular weight is 811 g/mol. The van der Waals surface area contributed by atoms with Crippen LogP contribution in [0.4, 0.5) is 25.8 Å². The molecule has 2 aromatic carbocycles. The second-order valence-corrected chi connectivity index (χ2v) is 14.1. The molecule has 0 aromatic heterocycles. The Bertz CT molecular complexity index is 1870. The number of hydrogen-bond donors (Lipinski definition) is 6. The summed E-state index contributed by atoms with van der Waals surface area (Å²) in [4.78, 5) is 113. The number of hydrogen-bond acceptors (Lipinski definition) is 13. The van der Waals surface area contributed by atoms with Gasteiger partial charge >= 0.3 is 18.3 Å². The summed E-state index contributed by atoms with van der Waals surface area (Å²) >= 11 is 0. The van der Waals surface area contributed by atoms with E-state index in [0.717, 1.165) is 24.3 Å². The summed E-state index contributed by atoms with van der Waals surface area (Å²) in [7, 11) is 0. The van der Waals surface area contributed by atoms with E-state index in [1.54, 1.807) is 46.8 Å². The van der Waals surface area contributed by atoms with Crippen LogP contribution in [0.1, 0.15) is 53.0 Å². The van der Waals surface area contributed by atoms with Crippen LogP contribution in [0.2, 0.25) is 0 Å². The predicted octanol–water partition coefficient (Wildman–Crippen LogP) is 2.14. The second kappa shape index (κ2) is 20.7. The molecular formula is C37H46N8O13. The quantitative estimate of drug-likeness (QED) is 0.0315. The standard InChI is InChI=1S/C37H46N8O13/c1-21(2)30(43-32(49)27(44-28(46)16-17-29(44)47)19-40-35(52)58-37(3,4)5)33(50)42-26(7-6-18-39-34(38)51)31(48)41-23-10-8-22(9-11-23)20-56-36(53)57-25-14-12-24(13-15-25)45(54)55/h8-17,21,26-27,30H,6-7,18-20H2,1-5H3,(H,40,52)(H,41,48)(H,42,50)(H,43,49)(H3,38,39,51)/t26-,27-,30-/m0/s1. The zero-order valence-electron chi connectivity index (χ0n) is 32.4. The minimum Gasteiger partial charge on any atom is -0.444 e. The molecule has 1 aliphatic rings. The van der Waals surface area contributed by atoms with E-state index in [2.05, 4.69) is 26.6 Å². The Hall–Kier alpha value is -7.06. The van der Waals surface area contributed by atoms with Crippen molar-refractivity contribution in [1.82, 2.24) is 26.2 Å². The van der Waals surface area contributed by atoms with Crippen LogP contribution >= 0.6 is 0 Å². The smallest absolute Gasteiger partial charge is 0.444 e. The molecule has 312 valence electrons. The third-order valence-corrected chi connectivity index (χ3v) is 7.97. The highest BCUT2D eigenvalue weighted by molar-refractivity contribution is 6.15. The van der Waals surface area contributed by atoms with Crippen molar-refractivity contribution >= 4 is 59.2 Å². The Kier molecular flexibility index (Phi) is 16.2. The Morgan fingerprint density at radius 1 is 0.862 bits per heavy atom. The molecule has 0 radical (unpaired) electrons. The maximum Gasteiger partial charge on any atom is 0.514 e. The van der Waals surface area contributed by atoms with Gasteiger partial charge in [-0.15, -0.1) is 0 Å². The molecule has 0 fully saturated rings. The normalized spacial score (nSPS) is 13.8. The molecule has 0 saturated heterocycles. The topological polar surface area (TPSA) is 297 Å². The largest absolute Gasteiger partial charge is 0.514 e. The number of ether oxygens (including phenoxy) is 3. The van der Waals surface area contributed by atoms with E-state index in [1.165, 1.54) is 24.3 Å². The zero-order valence-corrected chi connectivity index (χ0v) is 32.4. The van der Waals surface area contributed by atoms with Crippen LogP contribution < -0.4 is 37.1 Å². The van der Waals surface area contributed by atoms with Crippen molar-refractivity contribution in [2.24, 2.45) is 11.7 Å². The van der Waals surface area contributed by atoms with Crippen molar-refractivity contribution in [3.63, 3.8) is 0 Å². The van der Waals surface area contributed by atoms with Gasteiger partial charge in [-0.25, -0.2) is 14.4 Å². The van der Waals surface area contributed by atoms with Crippen molar-refractivity contribution in [2.45, 2.75) is 77.8 Å². The number of rotatable bonds is 18. The zero-order chi connectivity index (χ0) is 43.2. The molecule has 8 amide bonds. The number of nitrogens with two attached hydrogens (primary N) is 1. The summed E-state index contributed by atoms with van der Waals surface area (Å²) in [5, 5.41) is 23.4. The van der Waals surface area contributed by atoms with Gasteiger partial charge in [-0.2, -0.15) is 0 Å². The number of primary amides is 1. The summed E-state index contributed by atoms with van der Waals surface area (Å²) in [6, 6.07) is 6.02. The maximum absolute atomic E-state index is 13.7. The number of non-ortho nitro benzene ring substituents is 1. The summed E-state index contributed by atoms with van der Waals surface area (Å²) in [6.45, 7) is 7.38. The highest BCUT2D eigenvalue weighted by Crippen LogP contribution is 2.19. The third-order valence-electron chi connectivity index (χ3n) is 7.97. The van der Waals surface area contributed by atoms with Gasteiger partial charge in [-0.1, -0.05) is 26.0 Å². The molecular weight excluding hydrogens is 764 g/mol. The van der Waals surface area contributed by atoms with Crippen LogP contribution in [0, 0.1) is 16.0 Å². The van der Waals surface area contributed by atoms with E-state index in [0.29, 0.717) is 16.2 Å². The fourth-order valence-corrected chi connectivity index (χ4v) is 5.16. The Morgan fingerprint density at radius 3 is 2.03 bits per heavy atom. The number of carbonyl (C=O) groups is 8. The highest BCUT2D eigenvalue weighted by Gasteiger charge is 2.39. The first kappa shape index (κ1) is 45.3. The summed E-state index contributed by atoms with van der Waals surface area (Å²) in [6.07, 6.45) is 0.141. The highest BCUT2D eigenvalue weighted by atomic mass is 16.7.